The molecule has 16 heteroatoms. The van der Waals surface area contributed by atoms with Gasteiger partial charge in [0, 0.05) is 35.2 Å². The monoisotopic (exact) mass is 706 g/mol. The molecular weight excluding hydrogens is 676 g/mol. The van der Waals surface area contributed by atoms with Crippen molar-refractivity contribution in [1.29, 1.82) is 0 Å². The Morgan fingerprint density at radius 1 is 0.863 bits per heavy atom. The number of ether oxygens (including phenoxy) is 5. The zero-order valence-electron chi connectivity index (χ0n) is 26.7. The summed E-state index contributed by atoms with van der Waals surface area (Å²) in [5.74, 6) is -3.92. The minimum atomic E-state index is -1.92. The third-order valence-corrected chi connectivity index (χ3v) is 8.02. The van der Waals surface area contributed by atoms with Gasteiger partial charge in [-0.25, -0.2) is 9.59 Å². The highest BCUT2D eigenvalue weighted by Crippen LogP contribution is 2.47. The summed E-state index contributed by atoms with van der Waals surface area (Å²) in [5, 5.41) is 62.4. The highest BCUT2D eigenvalue weighted by molar-refractivity contribution is 6.11. The number of benzene rings is 3. The lowest BCUT2D eigenvalue weighted by molar-refractivity contribution is -0.278. The van der Waals surface area contributed by atoms with Crippen molar-refractivity contribution in [2.45, 2.75) is 30.7 Å². The molecular formula is C35H30O16. The average Bonchev–Trinajstić information content (AvgIpc) is 3.11. The quantitative estimate of drug-likeness (QED) is 0.0903. The van der Waals surface area contributed by atoms with Crippen LogP contribution in [0.3, 0.4) is 0 Å². The van der Waals surface area contributed by atoms with Crippen molar-refractivity contribution in [3.8, 4) is 40.1 Å². The molecule has 3 aromatic carbocycles. The predicted molar refractivity (Wildman–Crippen MR) is 175 cm³/mol. The number of carbonyl (C=O) groups is 2. The van der Waals surface area contributed by atoms with Crippen LogP contribution in [-0.2, 0) is 14.3 Å². The van der Waals surface area contributed by atoms with E-state index in [0.717, 1.165) is 24.3 Å². The lowest BCUT2D eigenvalue weighted by Crippen LogP contribution is -2.60. The topological polar surface area (TPSA) is 245 Å². The molecule has 1 aliphatic heterocycles. The van der Waals surface area contributed by atoms with Crippen LogP contribution in [0.15, 0.2) is 74.3 Å². The number of aliphatic hydroxyl groups is 3. The molecule has 6 N–H and O–H groups in total. The maximum Gasteiger partial charge on any atom is 0.371 e. The smallest absolute Gasteiger partial charge is 0.371 e. The van der Waals surface area contributed by atoms with E-state index in [-0.39, 0.29) is 62.0 Å². The number of carboxylic acids is 1. The molecule has 1 saturated heterocycles. The largest absolute Gasteiger partial charge is 0.508 e. The summed E-state index contributed by atoms with van der Waals surface area (Å²) in [6.07, 6.45) is -6.32. The van der Waals surface area contributed by atoms with Gasteiger partial charge in [0.2, 0.25) is 17.8 Å². The summed E-state index contributed by atoms with van der Waals surface area (Å²) in [5.41, 5.74) is -0.138. The van der Waals surface area contributed by atoms with Crippen LogP contribution in [-0.4, -0.2) is 94.1 Å². The van der Waals surface area contributed by atoms with E-state index in [9.17, 15) is 45.0 Å². The van der Waals surface area contributed by atoms with Gasteiger partial charge in [-0.15, -0.1) is 0 Å². The van der Waals surface area contributed by atoms with E-state index < -0.39 is 60.4 Å². The molecule has 0 radical (unpaired) electrons. The van der Waals surface area contributed by atoms with Gasteiger partial charge >= 0.3 is 11.9 Å². The number of esters is 1. The zero-order valence-corrected chi connectivity index (χ0v) is 26.7. The van der Waals surface area contributed by atoms with E-state index in [1.807, 2.05) is 0 Å². The van der Waals surface area contributed by atoms with Gasteiger partial charge in [0.15, 0.2) is 28.4 Å². The molecule has 16 nitrogen and oxygen atoms in total. The first-order valence-corrected chi connectivity index (χ1v) is 15.1. The number of hydrogen-bond donors (Lipinski definition) is 6. The van der Waals surface area contributed by atoms with Crippen LogP contribution in [0.25, 0.3) is 39.3 Å². The maximum absolute atomic E-state index is 12.6. The Kier molecular flexibility index (Phi) is 9.58. The Morgan fingerprint density at radius 3 is 2.14 bits per heavy atom. The Hall–Kier alpha value is -6.07. The van der Waals surface area contributed by atoms with Crippen LogP contribution in [0, 0.1) is 0 Å². The van der Waals surface area contributed by atoms with Crippen LogP contribution >= 0.6 is 0 Å². The van der Waals surface area contributed by atoms with Crippen LogP contribution in [0.1, 0.15) is 16.1 Å². The number of carbonyl (C=O) groups excluding carboxylic acids is 1. The van der Waals surface area contributed by atoms with E-state index in [4.69, 9.17) is 32.5 Å². The average molecular weight is 707 g/mol. The van der Waals surface area contributed by atoms with Gasteiger partial charge < -0.3 is 63.2 Å². The van der Waals surface area contributed by atoms with E-state index in [1.165, 1.54) is 44.6 Å². The van der Waals surface area contributed by atoms with Gasteiger partial charge in [-0.1, -0.05) is 12.1 Å². The van der Waals surface area contributed by atoms with Crippen LogP contribution < -0.4 is 19.6 Å². The summed E-state index contributed by atoms with van der Waals surface area (Å²) in [6, 6.07) is 11.9. The van der Waals surface area contributed by atoms with Crippen molar-refractivity contribution in [1.82, 2.24) is 0 Å². The summed E-state index contributed by atoms with van der Waals surface area (Å²) in [4.78, 5) is 37.1. The number of hydrogen-bond acceptors (Lipinski definition) is 15. The Balaban J connectivity index is 1.41. The van der Waals surface area contributed by atoms with Crippen LogP contribution in [0.4, 0.5) is 0 Å². The standard InChI is InChI=1S/C35H30O16/c1-45-22-9-16(10-23(46-2)28(22)39)32-33(19-13-24(34(43)44)48-20-11-18(37)12-21(49-32)27(19)20)51-35-31(42)30(41)29(40)25(50-35)14-47-26(38)8-5-15-3-6-17(36)7-4-15/h3-13,25,29-31,35-36,39-42H,14H2,1-2H3,(H,43,44)/t25-,29-,30+,31-,35+/m1/s1. The second kappa shape index (κ2) is 14.0. The number of rotatable bonds is 10. The fourth-order valence-corrected chi connectivity index (χ4v) is 5.47. The normalized spacial score (nSPS) is 20.5. The second-order valence-corrected chi connectivity index (χ2v) is 11.3. The van der Waals surface area contributed by atoms with Crippen molar-refractivity contribution in [3.05, 3.63) is 82.2 Å². The number of aliphatic hydroxyl groups excluding tert-OH is 3. The van der Waals surface area contributed by atoms with Crippen LogP contribution in [0.5, 0.6) is 28.7 Å². The van der Waals surface area contributed by atoms with Crippen molar-refractivity contribution in [2.75, 3.05) is 20.8 Å². The number of aromatic hydroxyl groups is 2. The minimum absolute atomic E-state index is 0.00494. The molecule has 1 fully saturated rings. The van der Waals surface area contributed by atoms with E-state index in [0.29, 0.717) is 5.56 Å². The van der Waals surface area contributed by atoms with Gasteiger partial charge in [0.1, 0.15) is 47.9 Å². The third-order valence-electron chi connectivity index (χ3n) is 8.02. The van der Waals surface area contributed by atoms with Crippen molar-refractivity contribution in [2.24, 2.45) is 0 Å². The highest BCUT2D eigenvalue weighted by atomic mass is 16.7. The Morgan fingerprint density at radius 2 is 1.51 bits per heavy atom. The summed E-state index contributed by atoms with van der Waals surface area (Å²) in [7, 11) is 2.56. The first-order valence-electron chi connectivity index (χ1n) is 15.1. The number of phenolic OH excluding ortho intramolecular Hbond substituents is 2. The number of carboxylic acid groups (broad SMARTS) is 1. The molecule has 0 spiro atoms. The lowest BCUT2D eigenvalue weighted by Gasteiger charge is -2.40. The molecule has 6 rings (SSSR count). The van der Waals surface area contributed by atoms with Crippen LogP contribution in [0.2, 0.25) is 0 Å². The fourth-order valence-electron chi connectivity index (χ4n) is 5.47. The molecule has 0 bridgehead atoms. The first-order chi connectivity index (χ1) is 24.4. The van der Waals surface area contributed by atoms with E-state index in [1.54, 1.807) is 12.1 Å². The van der Waals surface area contributed by atoms with Gasteiger partial charge in [0.05, 0.1) is 19.6 Å². The van der Waals surface area contributed by atoms with Gasteiger partial charge in [-0.2, -0.15) is 0 Å². The predicted octanol–water partition coefficient (Wildman–Crippen LogP) is 2.78. The molecule has 0 unspecified atom stereocenters. The summed E-state index contributed by atoms with van der Waals surface area (Å²) >= 11 is 0. The SMILES string of the molecule is COc1cc(-c2oc3cc(=O)cc4oc(C(=O)O)cc(c2O[C@@H]2O[C@H](COC(=O)C=Cc5ccc(O)cc5)[C@@H](O)[C@H](O)[C@H]2O)c43)cc(OC)c1O. The Bertz CT molecular complexity index is 2170. The van der Waals surface area contributed by atoms with Gasteiger partial charge in [-0.3, -0.25) is 4.79 Å². The maximum atomic E-state index is 12.6. The van der Waals surface area contributed by atoms with Gasteiger partial charge in [-0.05, 0) is 35.9 Å². The molecule has 5 atom stereocenters. The molecule has 0 amide bonds. The first kappa shape index (κ1) is 34.8. The lowest BCUT2D eigenvalue weighted by atomic mass is 9.99. The molecule has 5 aromatic rings. The highest BCUT2D eigenvalue weighted by Gasteiger charge is 2.46. The third kappa shape index (κ3) is 6.88. The van der Waals surface area contributed by atoms with Crippen molar-refractivity contribution >= 4 is 40.0 Å². The van der Waals surface area contributed by atoms with Gasteiger partial charge in [0.25, 0.3) is 0 Å². The zero-order chi connectivity index (χ0) is 36.6. The molecule has 0 saturated carbocycles. The van der Waals surface area contributed by atoms with Crippen molar-refractivity contribution in [3.63, 3.8) is 0 Å². The summed E-state index contributed by atoms with van der Waals surface area (Å²) in [6.45, 7) is -0.606. The number of methoxy groups -OCH3 is 2. The molecule has 2 aromatic heterocycles. The number of phenols is 2. The summed E-state index contributed by atoms with van der Waals surface area (Å²) < 4.78 is 39.3. The van der Waals surface area contributed by atoms with E-state index >= 15 is 0 Å². The molecule has 0 aliphatic carbocycles. The minimum Gasteiger partial charge on any atom is -0.508 e. The van der Waals surface area contributed by atoms with Crippen molar-refractivity contribution < 1.29 is 72.7 Å². The molecule has 1 aliphatic rings. The fraction of sp³-hybridized carbons (Fsp3) is 0.229. The second-order valence-electron chi connectivity index (χ2n) is 11.3. The molecule has 266 valence electrons. The Labute approximate surface area is 286 Å². The number of aromatic carboxylic acids is 1. The van der Waals surface area contributed by atoms with E-state index in [2.05, 4.69) is 0 Å². The molecule has 3 heterocycles. The molecule has 51 heavy (non-hydrogen) atoms.